The molecule has 0 bridgehead atoms. The first-order chi connectivity index (χ1) is 12.1. The number of rotatable bonds is 6. The third-order valence-electron chi connectivity index (χ3n) is 4.68. The molecular formula is C20H30N2O3S. The second-order valence-corrected chi connectivity index (χ2v) is 9.03. The Kier molecular flexibility index (Phi) is 6.27. The van der Waals surface area contributed by atoms with Gasteiger partial charge in [0.05, 0.1) is 5.41 Å². The Morgan fingerprint density at radius 3 is 2.62 bits per heavy atom. The number of ether oxygens (including phenoxy) is 1. The third-order valence-corrected chi connectivity index (χ3v) is 5.33. The predicted molar refractivity (Wildman–Crippen MR) is 108 cm³/mol. The van der Waals surface area contributed by atoms with Crippen molar-refractivity contribution in [1.29, 1.82) is 0 Å². The fourth-order valence-corrected chi connectivity index (χ4v) is 4.00. The minimum atomic E-state index is -0.649. The van der Waals surface area contributed by atoms with Crippen molar-refractivity contribution in [1.82, 2.24) is 5.32 Å². The summed E-state index contributed by atoms with van der Waals surface area (Å²) >= 11 is 1.73. The number of benzene rings is 1. The van der Waals surface area contributed by atoms with E-state index in [9.17, 15) is 9.59 Å². The minimum absolute atomic E-state index is 0.0684. The number of carbonyl (C=O) groups excluding carboxylic acids is 2. The van der Waals surface area contributed by atoms with Gasteiger partial charge in [-0.25, -0.2) is 4.79 Å². The van der Waals surface area contributed by atoms with E-state index in [0.717, 1.165) is 23.4 Å². The van der Waals surface area contributed by atoms with Crippen LogP contribution in [0.5, 0.6) is 0 Å². The zero-order chi connectivity index (χ0) is 19.5. The normalized spacial score (nSPS) is 20.7. The smallest absolute Gasteiger partial charge is 0.407 e. The number of hydrogen-bond acceptors (Lipinski definition) is 4. The molecule has 0 aromatic heterocycles. The van der Waals surface area contributed by atoms with E-state index in [1.807, 2.05) is 65.3 Å². The molecule has 0 spiro atoms. The molecule has 26 heavy (non-hydrogen) atoms. The van der Waals surface area contributed by atoms with E-state index >= 15 is 0 Å². The summed E-state index contributed by atoms with van der Waals surface area (Å²) in [6, 6.07) is 7.75. The molecule has 2 atom stereocenters. The van der Waals surface area contributed by atoms with Crippen LogP contribution in [0.3, 0.4) is 0 Å². The molecule has 1 aromatic carbocycles. The fraction of sp³-hybridized carbons (Fsp3) is 0.600. The van der Waals surface area contributed by atoms with Crippen molar-refractivity contribution in [3.63, 3.8) is 0 Å². The summed E-state index contributed by atoms with van der Waals surface area (Å²) in [6.07, 6.45) is 2.94. The van der Waals surface area contributed by atoms with Gasteiger partial charge in [-0.15, -0.1) is 0 Å². The molecule has 0 aliphatic carbocycles. The van der Waals surface area contributed by atoms with Gasteiger partial charge in [0.1, 0.15) is 5.60 Å². The highest BCUT2D eigenvalue weighted by Gasteiger charge is 2.47. The van der Waals surface area contributed by atoms with Gasteiger partial charge in [-0.3, -0.25) is 4.79 Å². The Labute approximate surface area is 160 Å². The van der Waals surface area contributed by atoms with Crippen LogP contribution in [0.15, 0.2) is 24.3 Å². The molecule has 144 valence electrons. The Hall–Kier alpha value is -1.69. The number of para-hydroxylation sites is 1. The van der Waals surface area contributed by atoms with Crippen molar-refractivity contribution >= 4 is 29.4 Å². The molecule has 0 radical (unpaired) electrons. The van der Waals surface area contributed by atoms with Crippen LogP contribution in [0, 0.1) is 0 Å². The van der Waals surface area contributed by atoms with E-state index in [1.54, 1.807) is 16.7 Å². The first kappa shape index (κ1) is 20.6. The molecule has 6 heteroatoms. The average Bonchev–Trinajstić information content (AvgIpc) is 2.73. The van der Waals surface area contributed by atoms with E-state index in [-0.39, 0.29) is 11.9 Å². The molecule has 5 nitrogen and oxygen atoms in total. The molecule has 2 amide bonds. The summed E-state index contributed by atoms with van der Waals surface area (Å²) in [5, 5.41) is 2.98. The zero-order valence-electron chi connectivity index (χ0n) is 16.6. The molecule has 1 aliphatic rings. The van der Waals surface area contributed by atoms with Gasteiger partial charge in [0.25, 0.3) is 0 Å². The van der Waals surface area contributed by atoms with Gasteiger partial charge >= 0.3 is 6.09 Å². The fourth-order valence-electron chi connectivity index (χ4n) is 3.48. The first-order valence-corrected chi connectivity index (χ1v) is 10.3. The molecule has 1 aliphatic heterocycles. The summed E-state index contributed by atoms with van der Waals surface area (Å²) < 4.78 is 5.41. The number of anilines is 1. The number of alkyl carbamates (subject to hydrolysis) is 1. The van der Waals surface area contributed by atoms with Crippen molar-refractivity contribution in [2.45, 2.75) is 57.6 Å². The maximum atomic E-state index is 13.0. The van der Waals surface area contributed by atoms with Crippen LogP contribution in [-0.4, -0.2) is 42.7 Å². The lowest BCUT2D eigenvalue weighted by atomic mass is 9.77. The van der Waals surface area contributed by atoms with Crippen molar-refractivity contribution in [3.8, 4) is 0 Å². The van der Waals surface area contributed by atoms with Gasteiger partial charge in [0, 0.05) is 18.8 Å². The van der Waals surface area contributed by atoms with Crippen molar-refractivity contribution in [2.24, 2.45) is 0 Å². The third kappa shape index (κ3) is 4.53. The Morgan fingerprint density at radius 1 is 1.35 bits per heavy atom. The molecule has 0 fully saturated rings. The highest BCUT2D eigenvalue weighted by atomic mass is 32.2. The van der Waals surface area contributed by atoms with Crippen LogP contribution < -0.4 is 10.2 Å². The summed E-state index contributed by atoms with van der Waals surface area (Å²) in [5.41, 5.74) is 0.769. The second-order valence-electron chi connectivity index (χ2n) is 8.04. The molecule has 2 unspecified atom stereocenters. The second kappa shape index (κ2) is 7.91. The zero-order valence-corrected chi connectivity index (χ0v) is 17.4. The number of likely N-dealkylation sites (N-methyl/N-ethyl adjacent to an activating group) is 1. The topological polar surface area (TPSA) is 58.6 Å². The highest BCUT2D eigenvalue weighted by Crippen LogP contribution is 2.43. The number of nitrogens with zero attached hydrogens (tertiary/aromatic N) is 1. The van der Waals surface area contributed by atoms with E-state index in [2.05, 4.69) is 5.32 Å². The van der Waals surface area contributed by atoms with Crippen LogP contribution in [0.4, 0.5) is 10.5 Å². The average molecular weight is 379 g/mol. The van der Waals surface area contributed by atoms with Gasteiger partial charge in [0.2, 0.25) is 5.91 Å². The van der Waals surface area contributed by atoms with Crippen LogP contribution in [0.1, 0.15) is 46.1 Å². The lowest BCUT2D eigenvalue weighted by Gasteiger charge is -2.30. The molecular weight excluding hydrogens is 348 g/mol. The first-order valence-electron chi connectivity index (χ1n) is 8.94. The number of amides is 2. The van der Waals surface area contributed by atoms with Gasteiger partial charge in [-0.1, -0.05) is 18.2 Å². The number of fused-ring (bicyclic) bond motifs is 1. The van der Waals surface area contributed by atoms with Gasteiger partial charge in [0.15, 0.2) is 0 Å². The molecule has 1 heterocycles. The number of hydrogen-bond donors (Lipinski definition) is 1. The maximum absolute atomic E-state index is 13.0. The van der Waals surface area contributed by atoms with E-state index in [0.29, 0.717) is 6.42 Å². The molecule has 0 saturated carbocycles. The van der Waals surface area contributed by atoms with E-state index < -0.39 is 17.1 Å². The molecule has 0 saturated heterocycles. The van der Waals surface area contributed by atoms with Gasteiger partial charge in [-0.2, -0.15) is 11.8 Å². The maximum Gasteiger partial charge on any atom is 0.407 e. The van der Waals surface area contributed by atoms with Crippen LogP contribution in [-0.2, 0) is 14.9 Å². The molecule has 1 aromatic rings. The molecule has 2 rings (SSSR count). The van der Waals surface area contributed by atoms with Crippen LogP contribution in [0.25, 0.3) is 0 Å². The predicted octanol–water partition coefficient (Wildman–Crippen LogP) is 3.96. The number of carbonyl (C=O) groups is 2. The Bertz CT molecular complexity index is 671. The summed E-state index contributed by atoms with van der Waals surface area (Å²) in [5.74, 6) is 0.973. The number of nitrogens with one attached hydrogen (secondary N) is 1. The van der Waals surface area contributed by atoms with Crippen molar-refractivity contribution < 1.29 is 14.3 Å². The monoisotopic (exact) mass is 378 g/mol. The Balaban J connectivity index is 2.22. The summed E-state index contributed by atoms with van der Waals surface area (Å²) in [7, 11) is 1.81. The van der Waals surface area contributed by atoms with E-state index in [4.69, 9.17) is 4.74 Å². The van der Waals surface area contributed by atoms with Crippen molar-refractivity contribution in [3.05, 3.63) is 29.8 Å². The SMILES string of the molecule is CSCCC(CC1(C)C(=O)N(C)c2ccccc21)NC(=O)OC(C)(C)C. The standard InChI is InChI=1S/C20H30N2O3S/c1-19(2,3)25-18(24)21-14(11-12-26-6)13-20(4)15-9-7-8-10-16(15)22(5)17(20)23/h7-10,14H,11-13H2,1-6H3,(H,21,24). The lowest BCUT2D eigenvalue weighted by Crippen LogP contribution is -2.46. The van der Waals surface area contributed by atoms with Gasteiger partial charge < -0.3 is 15.0 Å². The minimum Gasteiger partial charge on any atom is -0.444 e. The largest absolute Gasteiger partial charge is 0.444 e. The number of thioether (sulfide) groups is 1. The van der Waals surface area contributed by atoms with E-state index in [1.165, 1.54) is 0 Å². The molecule has 1 N–H and O–H groups in total. The van der Waals surface area contributed by atoms with Crippen molar-refractivity contribution in [2.75, 3.05) is 24.0 Å². The summed E-state index contributed by atoms with van der Waals surface area (Å²) in [6.45, 7) is 7.50. The quantitative estimate of drug-likeness (QED) is 0.814. The van der Waals surface area contributed by atoms with Crippen LogP contribution in [0.2, 0.25) is 0 Å². The Morgan fingerprint density at radius 2 is 2.00 bits per heavy atom. The highest BCUT2D eigenvalue weighted by molar-refractivity contribution is 7.98. The lowest BCUT2D eigenvalue weighted by molar-refractivity contribution is -0.122. The van der Waals surface area contributed by atoms with Crippen LogP contribution >= 0.6 is 11.8 Å². The summed E-state index contributed by atoms with van der Waals surface area (Å²) in [4.78, 5) is 27.0. The van der Waals surface area contributed by atoms with Gasteiger partial charge in [-0.05, 0) is 64.2 Å².